The molecule has 1 amide bonds. The van der Waals surface area contributed by atoms with Gasteiger partial charge >= 0.3 is 6.09 Å². The second-order valence-corrected chi connectivity index (χ2v) is 6.07. The Labute approximate surface area is 160 Å². The third kappa shape index (κ3) is 3.27. The molecule has 4 aromatic rings. The van der Waals surface area contributed by atoms with Gasteiger partial charge in [-0.05, 0) is 36.8 Å². The Bertz CT molecular complexity index is 1210. The molecule has 7 heteroatoms. The molecule has 0 fully saturated rings. The number of carbonyl (C=O) groups excluding carboxylic acids is 1. The minimum atomic E-state index is -0.720. The Morgan fingerprint density at radius 2 is 1.89 bits per heavy atom. The van der Waals surface area contributed by atoms with E-state index in [9.17, 15) is 10.1 Å². The first-order valence-corrected chi connectivity index (χ1v) is 8.54. The van der Waals surface area contributed by atoms with Gasteiger partial charge in [-0.15, -0.1) is 0 Å². The second-order valence-electron chi connectivity index (χ2n) is 6.07. The lowest BCUT2D eigenvalue weighted by Gasteiger charge is -2.11. The van der Waals surface area contributed by atoms with E-state index in [1.54, 1.807) is 24.3 Å². The van der Waals surface area contributed by atoms with E-state index in [0.29, 0.717) is 11.6 Å². The molecule has 0 saturated heterocycles. The summed E-state index contributed by atoms with van der Waals surface area (Å²) in [5.41, 5.74) is 2.01. The van der Waals surface area contributed by atoms with Crippen molar-refractivity contribution in [1.29, 1.82) is 5.26 Å². The molecule has 4 rings (SSSR count). The number of nitriles is 1. The van der Waals surface area contributed by atoms with Crippen molar-refractivity contribution in [2.45, 2.75) is 6.92 Å². The summed E-state index contributed by atoms with van der Waals surface area (Å²) in [7, 11) is 0. The summed E-state index contributed by atoms with van der Waals surface area (Å²) in [4.78, 5) is 16.9. The summed E-state index contributed by atoms with van der Waals surface area (Å²) in [6.45, 7) is 1.97. The van der Waals surface area contributed by atoms with E-state index in [1.165, 1.54) is 10.9 Å². The summed E-state index contributed by atoms with van der Waals surface area (Å²) in [5.74, 6) is 1.09. The normalized spacial score (nSPS) is 10.4. The molecule has 0 aliphatic heterocycles. The number of para-hydroxylation sites is 2. The number of rotatable bonds is 3. The number of ether oxygens (including phenoxy) is 1. The Kier molecular flexibility index (Phi) is 4.44. The van der Waals surface area contributed by atoms with Gasteiger partial charge in [0, 0.05) is 5.39 Å². The molecule has 0 aliphatic rings. The van der Waals surface area contributed by atoms with Crippen LogP contribution in [0.3, 0.4) is 0 Å². The average Bonchev–Trinajstić information content (AvgIpc) is 3.11. The zero-order valence-corrected chi connectivity index (χ0v) is 15.0. The van der Waals surface area contributed by atoms with Crippen molar-refractivity contribution in [3.63, 3.8) is 0 Å². The lowest BCUT2D eigenvalue weighted by atomic mass is 10.1. The van der Waals surface area contributed by atoms with Crippen molar-refractivity contribution < 1.29 is 9.53 Å². The highest BCUT2D eigenvalue weighted by Gasteiger charge is 2.18. The number of anilines is 1. The summed E-state index contributed by atoms with van der Waals surface area (Å²) < 4.78 is 6.67. The Balaban J connectivity index is 1.71. The number of hydrogen-bond donors (Lipinski definition) is 1. The van der Waals surface area contributed by atoms with Crippen LogP contribution in [0.1, 0.15) is 11.1 Å². The quantitative estimate of drug-likeness (QED) is 0.584. The third-order valence-corrected chi connectivity index (χ3v) is 4.19. The molecule has 1 N–H and O–H groups in total. The van der Waals surface area contributed by atoms with E-state index in [2.05, 4.69) is 15.4 Å². The third-order valence-electron chi connectivity index (χ3n) is 4.19. The fourth-order valence-corrected chi connectivity index (χ4v) is 2.88. The first kappa shape index (κ1) is 17.2. The monoisotopic (exact) mass is 369 g/mol. The van der Waals surface area contributed by atoms with Gasteiger partial charge in [0.1, 0.15) is 17.4 Å². The molecule has 7 nitrogen and oxygen atoms in total. The molecular weight excluding hydrogens is 354 g/mol. The fourth-order valence-electron chi connectivity index (χ4n) is 2.88. The van der Waals surface area contributed by atoms with Crippen LogP contribution in [0, 0.1) is 18.3 Å². The van der Waals surface area contributed by atoms with E-state index in [1.807, 2.05) is 49.4 Å². The van der Waals surface area contributed by atoms with Crippen LogP contribution in [0.15, 0.2) is 66.9 Å². The topological polar surface area (TPSA) is 92.8 Å². The molecule has 0 spiro atoms. The van der Waals surface area contributed by atoms with Crippen LogP contribution in [-0.4, -0.2) is 20.9 Å². The van der Waals surface area contributed by atoms with Gasteiger partial charge in [0.25, 0.3) is 0 Å². The van der Waals surface area contributed by atoms with E-state index >= 15 is 0 Å². The summed E-state index contributed by atoms with van der Waals surface area (Å²) in [6.07, 6.45) is 0.659. The minimum Gasteiger partial charge on any atom is -0.410 e. The molecule has 0 atom stereocenters. The number of hydrogen-bond acceptors (Lipinski definition) is 5. The van der Waals surface area contributed by atoms with Crippen LogP contribution in [0.2, 0.25) is 0 Å². The fraction of sp³-hybridized carbons (Fsp3) is 0.0476. The first-order valence-electron chi connectivity index (χ1n) is 8.54. The number of fused-ring (bicyclic) bond motifs is 1. The zero-order chi connectivity index (χ0) is 19.5. The molecular formula is C21H15N5O2. The predicted octanol–water partition coefficient (Wildman–Crippen LogP) is 4.21. The Hall–Kier alpha value is -4.18. The number of benzene rings is 2. The lowest BCUT2D eigenvalue weighted by Crippen LogP contribution is -2.20. The van der Waals surface area contributed by atoms with E-state index < -0.39 is 6.09 Å². The Morgan fingerprint density at radius 3 is 2.68 bits per heavy atom. The van der Waals surface area contributed by atoms with E-state index in [-0.39, 0.29) is 11.4 Å². The highest BCUT2D eigenvalue weighted by Crippen LogP contribution is 2.23. The second kappa shape index (κ2) is 7.21. The van der Waals surface area contributed by atoms with Crippen molar-refractivity contribution in [3.05, 3.63) is 78.0 Å². The standard InChI is InChI=1S/C21H15N5O2/c1-14-11-19(24-18-10-6-5-9-17(14)18)26-20(15(12-22)13-23-26)25-21(27)28-16-7-3-2-4-8-16/h2-11,13H,1H3,(H,25,27). The SMILES string of the molecule is Cc1cc(-n2ncc(C#N)c2NC(=O)Oc2ccccc2)nc2ccccc12. The van der Waals surface area contributed by atoms with Crippen molar-refractivity contribution in [1.82, 2.24) is 14.8 Å². The molecule has 136 valence electrons. The number of carbonyl (C=O) groups is 1. The van der Waals surface area contributed by atoms with Crippen molar-refractivity contribution in [3.8, 4) is 17.6 Å². The number of aryl methyl sites for hydroxylation is 1. The van der Waals surface area contributed by atoms with Crippen molar-refractivity contribution in [2.24, 2.45) is 0 Å². The zero-order valence-electron chi connectivity index (χ0n) is 15.0. The molecule has 0 bridgehead atoms. The average molecular weight is 369 g/mol. The van der Waals surface area contributed by atoms with Gasteiger partial charge in [0.2, 0.25) is 0 Å². The maximum absolute atomic E-state index is 12.3. The summed E-state index contributed by atoms with van der Waals surface area (Å²) in [5, 5.41) is 17.2. The van der Waals surface area contributed by atoms with Gasteiger partial charge in [0.15, 0.2) is 11.6 Å². The van der Waals surface area contributed by atoms with Crippen molar-refractivity contribution >= 4 is 22.8 Å². The maximum atomic E-state index is 12.3. The van der Waals surface area contributed by atoms with Crippen LogP contribution < -0.4 is 10.1 Å². The van der Waals surface area contributed by atoms with Crippen LogP contribution >= 0.6 is 0 Å². The van der Waals surface area contributed by atoms with Gasteiger partial charge in [-0.3, -0.25) is 5.32 Å². The predicted molar refractivity (Wildman–Crippen MR) is 104 cm³/mol. The van der Waals surface area contributed by atoms with Crippen molar-refractivity contribution in [2.75, 3.05) is 5.32 Å². The largest absolute Gasteiger partial charge is 0.418 e. The van der Waals surface area contributed by atoms with Gasteiger partial charge in [-0.1, -0.05) is 36.4 Å². The van der Waals surface area contributed by atoms with E-state index in [0.717, 1.165) is 16.5 Å². The lowest BCUT2D eigenvalue weighted by molar-refractivity contribution is 0.215. The molecule has 2 aromatic carbocycles. The number of nitrogens with zero attached hydrogens (tertiary/aromatic N) is 4. The molecule has 2 aromatic heterocycles. The van der Waals surface area contributed by atoms with Gasteiger partial charge in [0.05, 0.1) is 11.7 Å². The molecule has 0 saturated carbocycles. The van der Waals surface area contributed by atoms with Crippen LogP contribution in [0.4, 0.5) is 10.6 Å². The van der Waals surface area contributed by atoms with Crippen LogP contribution in [0.25, 0.3) is 16.7 Å². The molecule has 28 heavy (non-hydrogen) atoms. The van der Waals surface area contributed by atoms with E-state index in [4.69, 9.17) is 4.74 Å². The number of pyridine rings is 1. The van der Waals surface area contributed by atoms with Crippen LogP contribution in [0.5, 0.6) is 5.75 Å². The number of nitrogens with one attached hydrogen (secondary N) is 1. The Morgan fingerprint density at radius 1 is 1.14 bits per heavy atom. The van der Waals surface area contributed by atoms with Gasteiger partial charge in [-0.2, -0.15) is 15.0 Å². The highest BCUT2D eigenvalue weighted by atomic mass is 16.6. The maximum Gasteiger partial charge on any atom is 0.418 e. The first-order chi connectivity index (χ1) is 13.7. The molecule has 2 heterocycles. The van der Waals surface area contributed by atoms with Crippen LogP contribution in [-0.2, 0) is 0 Å². The highest BCUT2D eigenvalue weighted by molar-refractivity contribution is 5.88. The van der Waals surface area contributed by atoms with Gasteiger partial charge < -0.3 is 4.74 Å². The summed E-state index contributed by atoms with van der Waals surface area (Å²) >= 11 is 0. The number of aromatic nitrogens is 3. The smallest absolute Gasteiger partial charge is 0.410 e. The minimum absolute atomic E-state index is 0.200. The number of amides is 1. The molecule has 0 radical (unpaired) electrons. The summed E-state index contributed by atoms with van der Waals surface area (Å²) in [6, 6.07) is 20.3. The van der Waals surface area contributed by atoms with Gasteiger partial charge in [-0.25, -0.2) is 9.78 Å². The molecule has 0 aliphatic carbocycles. The molecule has 0 unspecified atom stereocenters.